The topological polar surface area (TPSA) is 143 Å². The van der Waals surface area contributed by atoms with Gasteiger partial charge in [-0.3, -0.25) is 15.0 Å². The highest BCUT2D eigenvalue weighted by Gasteiger charge is 2.28. The summed E-state index contributed by atoms with van der Waals surface area (Å²) in [5.41, 5.74) is -2.08. The van der Waals surface area contributed by atoms with Crippen molar-refractivity contribution in [2.24, 2.45) is 0 Å². The summed E-state index contributed by atoms with van der Waals surface area (Å²) in [5, 5.41) is 14.9. The fourth-order valence-corrected chi connectivity index (χ4v) is 5.43. The van der Waals surface area contributed by atoms with Gasteiger partial charge in [-0.05, 0) is 18.2 Å². The lowest BCUT2D eigenvalue weighted by Gasteiger charge is -2.13. The van der Waals surface area contributed by atoms with Crippen molar-refractivity contribution in [3.8, 4) is 17.0 Å². The lowest BCUT2D eigenvalue weighted by molar-refractivity contribution is 0.102. The number of nitrogens with zero attached hydrogens (tertiary/aromatic N) is 3. The van der Waals surface area contributed by atoms with E-state index in [1.165, 1.54) is 18.5 Å². The van der Waals surface area contributed by atoms with E-state index in [0.29, 0.717) is 11.8 Å². The fourth-order valence-electron chi connectivity index (χ4n) is 3.95. The van der Waals surface area contributed by atoms with E-state index in [2.05, 4.69) is 30.7 Å². The molecule has 15 heteroatoms. The number of hydrogen-bond acceptors (Lipinski definition) is 7. The third-order valence-electron chi connectivity index (χ3n) is 5.75. The minimum absolute atomic E-state index is 0.0301. The average Bonchev–Trinajstić information content (AvgIpc) is 3.57. The van der Waals surface area contributed by atoms with Crippen LogP contribution in [0.25, 0.3) is 22.0 Å². The zero-order valence-electron chi connectivity index (χ0n) is 19.7. The van der Waals surface area contributed by atoms with Crippen molar-refractivity contribution >= 4 is 32.3 Å². The number of amides is 1. The molecule has 0 fully saturated rings. The summed E-state index contributed by atoms with van der Waals surface area (Å²) in [6.07, 6.45) is 3.50. The summed E-state index contributed by atoms with van der Waals surface area (Å²) in [6.45, 7) is 0. The Labute approximate surface area is 217 Å². The number of carbonyl (C=O) groups is 1. The number of methoxy groups -OCH3 is 1. The number of H-pyrrole nitrogens is 2. The smallest absolute Gasteiger partial charge is 0.274 e. The van der Waals surface area contributed by atoms with Crippen molar-refractivity contribution in [1.29, 1.82) is 0 Å². The molecule has 0 unspecified atom stereocenters. The van der Waals surface area contributed by atoms with Crippen molar-refractivity contribution in [3.63, 3.8) is 0 Å². The number of sulfone groups is 1. The van der Waals surface area contributed by atoms with Crippen LogP contribution in [0.5, 0.6) is 5.88 Å². The number of aromatic nitrogens is 5. The van der Waals surface area contributed by atoms with Crippen LogP contribution in [-0.2, 0) is 15.6 Å². The molecule has 1 amide bonds. The van der Waals surface area contributed by atoms with E-state index >= 15 is 8.78 Å². The maximum Gasteiger partial charge on any atom is 0.274 e. The standard InChI is InChI=1S/C24H16F4N6O4S/c1-38-24-17(6-12(25)7-29-24)39(36,37)10-11-2-5-16(26)18(19(11)27)14-3-4-15-21(20(14)28)33-34-22(15)23(35)32-13-8-30-31-9-13/h2-9H,10H2,1H3,(H,30,31)(H,32,35)(H,33,34). The number of halogens is 4. The molecule has 2 aromatic carbocycles. The lowest BCUT2D eigenvalue weighted by Crippen LogP contribution is -2.12. The molecule has 0 bridgehead atoms. The second kappa shape index (κ2) is 9.83. The zero-order valence-corrected chi connectivity index (χ0v) is 20.5. The van der Waals surface area contributed by atoms with Gasteiger partial charge in [-0.2, -0.15) is 10.2 Å². The summed E-state index contributed by atoms with van der Waals surface area (Å²) < 4.78 is 90.4. The number of benzene rings is 2. The van der Waals surface area contributed by atoms with Crippen molar-refractivity contribution in [2.75, 3.05) is 12.4 Å². The lowest BCUT2D eigenvalue weighted by atomic mass is 9.99. The normalized spacial score (nSPS) is 11.6. The number of hydrogen-bond donors (Lipinski definition) is 3. The number of rotatable bonds is 7. The summed E-state index contributed by atoms with van der Waals surface area (Å²) in [7, 11) is -3.32. The van der Waals surface area contributed by atoms with Crippen LogP contribution in [0.15, 0.2) is 53.8 Å². The molecule has 0 aliphatic rings. The number of fused-ring (bicyclic) bond motifs is 1. The van der Waals surface area contributed by atoms with Gasteiger partial charge in [0.25, 0.3) is 5.91 Å². The SMILES string of the molecule is COc1ncc(F)cc1S(=O)(=O)Cc1ccc(F)c(-c2ccc3c(C(=O)Nc4cn[nH]c4)[nH]nc3c2F)c1F. The third-order valence-corrected chi connectivity index (χ3v) is 7.40. The van der Waals surface area contributed by atoms with Crippen molar-refractivity contribution in [1.82, 2.24) is 25.4 Å². The molecule has 0 saturated heterocycles. The van der Waals surface area contributed by atoms with E-state index < -0.39 is 72.2 Å². The van der Waals surface area contributed by atoms with E-state index in [1.54, 1.807) is 0 Å². The van der Waals surface area contributed by atoms with Crippen LogP contribution in [0.4, 0.5) is 23.2 Å². The highest BCUT2D eigenvalue weighted by molar-refractivity contribution is 7.90. The highest BCUT2D eigenvalue weighted by Crippen LogP contribution is 2.35. The molecular formula is C24H16F4N6O4S. The largest absolute Gasteiger partial charge is 0.480 e. The number of anilines is 1. The van der Waals surface area contributed by atoms with E-state index in [4.69, 9.17) is 4.74 Å². The number of ether oxygens (including phenoxy) is 1. The molecule has 3 aromatic heterocycles. The van der Waals surface area contributed by atoms with Crippen LogP contribution in [-0.4, -0.2) is 46.8 Å². The van der Waals surface area contributed by atoms with Gasteiger partial charge >= 0.3 is 0 Å². The molecule has 0 saturated carbocycles. The molecular weight excluding hydrogens is 544 g/mol. The molecule has 0 aliphatic carbocycles. The van der Waals surface area contributed by atoms with E-state index in [1.807, 2.05) is 0 Å². The van der Waals surface area contributed by atoms with Gasteiger partial charge in [0.2, 0.25) is 5.88 Å². The van der Waals surface area contributed by atoms with Crippen molar-refractivity contribution in [2.45, 2.75) is 10.6 Å². The van der Waals surface area contributed by atoms with Gasteiger partial charge in [0, 0.05) is 22.7 Å². The minimum Gasteiger partial charge on any atom is -0.480 e. The molecule has 3 N–H and O–H groups in total. The molecule has 0 radical (unpaired) electrons. The van der Waals surface area contributed by atoms with Gasteiger partial charge in [0.15, 0.2) is 15.7 Å². The van der Waals surface area contributed by atoms with Gasteiger partial charge in [0.05, 0.1) is 36.5 Å². The van der Waals surface area contributed by atoms with Crippen LogP contribution >= 0.6 is 0 Å². The van der Waals surface area contributed by atoms with Gasteiger partial charge < -0.3 is 10.1 Å². The zero-order chi connectivity index (χ0) is 27.9. The number of pyridine rings is 1. The Bertz CT molecular complexity index is 1840. The van der Waals surface area contributed by atoms with Gasteiger partial charge in [-0.15, -0.1) is 0 Å². The van der Waals surface area contributed by atoms with Crippen LogP contribution < -0.4 is 10.1 Å². The average molecular weight is 560 g/mol. The van der Waals surface area contributed by atoms with Gasteiger partial charge in [-0.25, -0.2) is 31.0 Å². The monoisotopic (exact) mass is 560 g/mol. The first kappa shape index (κ1) is 25.8. The minimum atomic E-state index is -4.44. The summed E-state index contributed by atoms with van der Waals surface area (Å²) in [6, 6.07) is 4.61. The third kappa shape index (κ3) is 4.67. The molecule has 10 nitrogen and oxygen atoms in total. The number of nitrogens with one attached hydrogen (secondary N) is 3. The van der Waals surface area contributed by atoms with Gasteiger partial charge in [-0.1, -0.05) is 12.1 Å². The molecule has 0 atom stereocenters. The Morgan fingerprint density at radius 2 is 1.87 bits per heavy atom. The van der Waals surface area contributed by atoms with E-state index in [9.17, 15) is 22.0 Å². The van der Waals surface area contributed by atoms with Crippen molar-refractivity contribution < 1.29 is 35.5 Å². The Kier molecular flexibility index (Phi) is 6.51. The summed E-state index contributed by atoms with van der Waals surface area (Å²) >= 11 is 0. The maximum atomic E-state index is 15.6. The highest BCUT2D eigenvalue weighted by atomic mass is 32.2. The molecule has 3 heterocycles. The van der Waals surface area contributed by atoms with Crippen LogP contribution in [0.1, 0.15) is 16.1 Å². The fraction of sp³-hybridized carbons (Fsp3) is 0.0833. The Morgan fingerprint density at radius 3 is 2.59 bits per heavy atom. The maximum absolute atomic E-state index is 15.6. The molecule has 39 heavy (non-hydrogen) atoms. The number of carbonyl (C=O) groups excluding carboxylic acids is 1. The first-order chi connectivity index (χ1) is 18.6. The second-order valence-corrected chi connectivity index (χ2v) is 10.1. The molecule has 0 spiro atoms. The van der Waals surface area contributed by atoms with Crippen molar-refractivity contribution in [3.05, 3.63) is 83.4 Å². The molecule has 0 aliphatic heterocycles. The molecule has 200 valence electrons. The first-order valence-electron chi connectivity index (χ1n) is 11.0. The number of aromatic amines is 2. The Morgan fingerprint density at radius 1 is 1.08 bits per heavy atom. The predicted molar refractivity (Wildman–Crippen MR) is 130 cm³/mol. The first-order valence-corrected chi connectivity index (χ1v) is 12.6. The quantitative estimate of drug-likeness (QED) is 0.254. The van der Waals surface area contributed by atoms with Crippen LogP contribution in [0, 0.1) is 23.3 Å². The predicted octanol–water partition coefficient (Wildman–Crippen LogP) is 4.14. The van der Waals surface area contributed by atoms with Gasteiger partial charge in [0.1, 0.15) is 33.6 Å². The van der Waals surface area contributed by atoms with Crippen LogP contribution in [0.3, 0.4) is 0 Å². The Hall–Kier alpha value is -4.79. The van der Waals surface area contributed by atoms with Crippen LogP contribution in [0.2, 0.25) is 0 Å². The Balaban J connectivity index is 1.54. The second-order valence-electron chi connectivity index (χ2n) is 8.18. The summed E-state index contributed by atoms with van der Waals surface area (Å²) in [5.74, 6) is -6.77. The van der Waals surface area contributed by atoms with E-state index in [0.717, 1.165) is 31.5 Å². The molecule has 5 aromatic rings. The summed E-state index contributed by atoms with van der Waals surface area (Å²) in [4.78, 5) is 15.5. The molecule has 5 rings (SSSR count). The van der Waals surface area contributed by atoms with E-state index in [-0.39, 0.29) is 16.6 Å².